The Morgan fingerprint density at radius 3 is 2.60 bits per heavy atom. The lowest BCUT2D eigenvalue weighted by Gasteiger charge is -2.08. The lowest BCUT2D eigenvalue weighted by molar-refractivity contribution is 0.309. The molecule has 0 unspecified atom stereocenters. The molecule has 1 aromatic heterocycles. The predicted molar refractivity (Wildman–Crippen MR) is 103 cm³/mol. The minimum Gasteiger partial charge on any atom is -0.494 e. The second kappa shape index (κ2) is 7.99. The molecule has 0 amide bonds. The summed E-state index contributed by atoms with van der Waals surface area (Å²) in [5, 5.41) is 3.09. The van der Waals surface area contributed by atoms with Crippen molar-refractivity contribution in [2.45, 2.75) is 31.2 Å². The van der Waals surface area contributed by atoms with Gasteiger partial charge in [-0.25, -0.2) is 13.1 Å². The number of hydrogen-bond acceptors (Lipinski definition) is 4. The van der Waals surface area contributed by atoms with Crippen LogP contribution in [0.3, 0.4) is 0 Å². The average Bonchev–Trinajstić information content (AvgIpc) is 3.04. The predicted octanol–water partition coefficient (Wildman–Crippen LogP) is 4.56. The van der Waals surface area contributed by atoms with E-state index in [-0.39, 0.29) is 11.4 Å². The average molecular weight is 376 g/mol. The van der Waals surface area contributed by atoms with E-state index in [2.05, 4.69) is 11.6 Å². The summed E-state index contributed by atoms with van der Waals surface area (Å²) in [5.74, 6) is 0.691. The molecule has 0 saturated heterocycles. The van der Waals surface area contributed by atoms with E-state index in [1.807, 2.05) is 29.6 Å². The fourth-order valence-corrected chi connectivity index (χ4v) is 4.44. The second-order valence-electron chi connectivity index (χ2n) is 5.76. The van der Waals surface area contributed by atoms with Gasteiger partial charge in [-0.15, -0.1) is 11.3 Å². The summed E-state index contributed by atoms with van der Waals surface area (Å²) in [6.45, 7) is 3.02. The molecule has 1 heterocycles. The van der Waals surface area contributed by atoms with Crippen LogP contribution in [0, 0.1) is 0 Å². The number of thiophene rings is 1. The highest BCUT2D eigenvalue weighted by Crippen LogP contribution is 2.26. The number of nitrogens with one attached hydrogen (secondary N) is 1. The van der Waals surface area contributed by atoms with E-state index in [4.69, 9.17) is 4.74 Å². The van der Waals surface area contributed by atoms with E-state index in [0.29, 0.717) is 12.4 Å². The molecule has 0 atom stereocenters. The van der Waals surface area contributed by atoms with E-state index < -0.39 is 10.0 Å². The van der Waals surface area contributed by atoms with Crippen LogP contribution in [0.4, 0.5) is 0 Å². The standard InChI is InChI=1S/C19H21NO3S2/c1-2-3-12-23-16-8-10-17(11-9-16)25(21,22)20-13-15-14-24-19-7-5-4-6-18(15)19/h4-11,14,20H,2-3,12-13H2,1H3. The number of ether oxygens (including phenoxy) is 1. The number of hydrogen-bond donors (Lipinski definition) is 1. The molecule has 6 heteroatoms. The van der Waals surface area contributed by atoms with Crippen LogP contribution in [-0.4, -0.2) is 15.0 Å². The normalized spacial score (nSPS) is 11.7. The van der Waals surface area contributed by atoms with Crippen LogP contribution >= 0.6 is 11.3 Å². The molecule has 2 aromatic carbocycles. The monoisotopic (exact) mass is 375 g/mol. The number of sulfonamides is 1. The van der Waals surface area contributed by atoms with Crippen molar-refractivity contribution in [2.75, 3.05) is 6.61 Å². The Balaban J connectivity index is 1.67. The van der Waals surface area contributed by atoms with Crippen molar-refractivity contribution in [1.82, 2.24) is 4.72 Å². The molecule has 0 radical (unpaired) electrons. The van der Waals surface area contributed by atoms with Gasteiger partial charge < -0.3 is 4.74 Å². The van der Waals surface area contributed by atoms with Crippen molar-refractivity contribution in [3.8, 4) is 5.75 Å². The third kappa shape index (κ3) is 4.39. The zero-order valence-electron chi connectivity index (χ0n) is 14.1. The molecule has 132 valence electrons. The molecule has 0 fully saturated rings. The first-order valence-electron chi connectivity index (χ1n) is 8.28. The third-order valence-corrected chi connectivity index (χ3v) is 6.34. The Labute approximate surface area is 152 Å². The van der Waals surface area contributed by atoms with Gasteiger partial charge in [0.15, 0.2) is 0 Å². The van der Waals surface area contributed by atoms with Crippen LogP contribution in [0.25, 0.3) is 10.1 Å². The summed E-state index contributed by atoms with van der Waals surface area (Å²) >= 11 is 1.62. The van der Waals surface area contributed by atoms with Crippen molar-refractivity contribution >= 4 is 31.4 Å². The Morgan fingerprint density at radius 2 is 1.84 bits per heavy atom. The highest BCUT2D eigenvalue weighted by Gasteiger charge is 2.15. The molecule has 25 heavy (non-hydrogen) atoms. The van der Waals surface area contributed by atoms with E-state index in [1.165, 1.54) is 0 Å². The largest absolute Gasteiger partial charge is 0.494 e. The molecular formula is C19H21NO3S2. The van der Waals surface area contributed by atoms with Crippen molar-refractivity contribution in [3.05, 3.63) is 59.5 Å². The summed E-state index contributed by atoms with van der Waals surface area (Å²) in [7, 11) is -3.55. The topological polar surface area (TPSA) is 55.4 Å². The van der Waals surface area contributed by atoms with Gasteiger partial charge in [-0.3, -0.25) is 0 Å². The summed E-state index contributed by atoms with van der Waals surface area (Å²) in [6.07, 6.45) is 2.05. The van der Waals surface area contributed by atoms with Crippen LogP contribution in [0.2, 0.25) is 0 Å². The van der Waals surface area contributed by atoms with Crippen molar-refractivity contribution in [3.63, 3.8) is 0 Å². The van der Waals surface area contributed by atoms with Crippen LogP contribution in [0.1, 0.15) is 25.3 Å². The summed E-state index contributed by atoms with van der Waals surface area (Å²) < 4.78 is 34.4. The van der Waals surface area contributed by atoms with Crippen LogP contribution < -0.4 is 9.46 Å². The second-order valence-corrected chi connectivity index (χ2v) is 8.43. The van der Waals surface area contributed by atoms with Gasteiger partial charge in [0, 0.05) is 11.2 Å². The maximum Gasteiger partial charge on any atom is 0.240 e. The van der Waals surface area contributed by atoms with E-state index >= 15 is 0 Å². The lowest BCUT2D eigenvalue weighted by atomic mass is 10.2. The van der Waals surface area contributed by atoms with Crippen LogP contribution in [0.5, 0.6) is 5.75 Å². The minimum atomic E-state index is -3.55. The number of fused-ring (bicyclic) bond motifs is 1. The first-order valence-corrected chi connectivity index (χ1v) is 10.6. The number of unbranched alkanes of at least 4 members (excludes halogenated alkanes) is 1. The van der Waals surface area contributed by atoms with Crippen molar-refractivity contribution in [1.29, 1.82) is 0 Å². The smallest absolute Gasteiger partial charge is 0.240 e. The Bertz CT molecular complexity index is 931. The van der Waals surface area contributed by atoms with E-state index in [9.17, 15) is 8.42 Å². The fraction of sp³-hybridized carbons (Fsp3) is 0.263. The minimum absolute atomic E-state index is 0.245. The molecule has 0 aliphatic carbocycles. The molecule has 0 saturated carbocycles. The third-order valence-electron chi connectivity index (χ3n) is 3.91. The quantitative estimate of drug-likeness (QED) is 0.587. The Hall–Kier alpha value is -1.89. The molecule has 0 aliphatic rings. The van der Waals surface area contributed by atoms with Gasteiger partial charge in [0.05, 0.1) is 11.5 Å². The van der Waals surface area contributed by atoms with E-state index in [0.717, 1.165) is 28.5 Å². The number of rotatable bonds is 8. The molecular weight excluding hydrogens is 354 g/mol. The molecule has 0 bridgehead atoms. The summed E-state index contributed by atoms with van der Waals surface area (Å²) in [5.41, 5.74) is 0.990. The zero-order chi connectivity index (χ0) is 17.7. The van der Waals surface area contributed by atoms with Gasteiger partial charge in [-0.1, -0.05) is 31.5 Å². The van der Waals surface area contributed by atoms with Gasteiger partial charge in [0.2, 0.25) is 10.0 Å². The highest BCUT2D eigenvalue weighted by atomic mass is 32.2. The maximum absolute atomic E-state index is 12.5. The van der Waals surface area contributed by atoms with Crippen molar-refractivity contribution < 1.29 is 13.2 Å². The first-order chi connectivity index (χ1) is 12.1. The Morgan fingerprint density at radius 1 is 1.08 bits per heavy atom. The molecule has 0 spiro atoms. The van der Waals surface area contributed by atoms with Gasteiger partial charge >= 0.3 is 0 Å². The molecule has 1 N–H and O–H groups in total. The number of benzene rings is 2. The lowest BCUT2D eigenvalue weighted by Crippen LogP contribution is -2.23. The SMILES string of the molecule is CCCCOc1ccc(S(=O)(=O)NCc2csc3ccccc23)cc1. The summed E-state index contributed by atoms with van der Waals surface area (Å²) in [6, 6.07) is 14.5. The zero-order valence-corrected chi connectivity index (χ0v) is 15.7. The highest BCUT2D eigenvalue weighted by molar-refractivity contribution is 7.89. The maximum atomic E-state index is 12.5. The van der Waals surface area contributed by atoms with Gasteiger partial charge in [0.1, 0.15) is 5.75 Å². The van der Waals surface area contributed by atoms with Gasteiger partial charge in [0.25, 0.3) is 0 Å². The molecule has 3 aromatic rings. The fourth-order valence-electron chi connectivity index (χ4n) is 2.48. The summed E-state index contributed by atoms with van der Waals surface area (Å²) in [4.78, 5) is 0.245. The van der Waals surface area contributed by atoms with Gasteiger partial charge in [-0.2, -0.15) is 0 Å². The van der Waals surface area contributed by atoms with Gasteiger partial charge in [-0.05, 0) is 53.1 Å². The van der Waals surface area contributed by atoms with Crippen LogP contribution in [0.15, 0.2) is 58.8 Å². The van der Waals surface area contributed by atoms with E-state index in [1.54, 1.807) is 35.6 Å². The molecule has 3 rings (SSSR count). The van der Waals surface area contributed by atoms with Crippen molar-refractivity contribution in [2.24, 2.45) is 0 Å². The molecule has 4 nitrogen and oxygen atoms in total. The Kier molecular flexibility index (Phi) is 5.73. The van der Waals surface area contributed by atoms with Crippen LogP contribution in [-0.2, 0) is 16.6 Å². The first kappa shape index (κ1) is 17.9. The molecule has 0 aliphatic heterocycles.